The lowest BCUT2D eigenvalue weighted by molar-refractivity contribution is -0.00478. The van der Waals surface area contributed by atoms with Gasteiger partial charge in [0.15, 0.2) is 0 Å². The van der Waals surface area contributed by atoms with Gasteiger partial charge in [0, 0.05) is 6.61 Å². The van der Waals surface area contributed by atoms with Crippen LogP contribution in [0.1, 0.15) is 77.2 Å². The Morgan fingerprint density at radius 1 is 0.469 bits per heavy atom. The van der Waals surface area contributed by atoms with Crippen LogP contribution in [0.3, 0.4) is 0 Å². The van der Waals surface area contributed by atoms with Crippen LogP contribution < -0.4 is 4.74 Å². The molecule has 0 aromatic heterocycles. The highest BCUT2D eigenvalue weighted by molar-refractivity contribution is 5.27. The SMILES string of the molecule is CCCCCCCCCc1ccc(OCCOCCOCCOCCOCCCC)cc1. The smallest absolute Gasteiger partial charge is 0.119 e. The van der Waals surface area contributed by atoms with E-state index in [9.17, 15) is 0 Å². The van der Waals surface area contributed by atoms with Crippen molar-refractivity contribution < 1.29 is 23.7 Å². The van der Waals surface area contributed by atoms with E-state index in [1.807, 2.05) is 0 Å². The van der Waals surface area contributed by atoms with Gasteiger partial charge in [0.2, 0.25) is 0 Å². The highest BCUT2D eigenvalue weighted by Crippen LogP contribution is 2.15. The number of hydrogen-bond donors (Lipinski definition) is 0. The summed E-state index contributed by atoms with van der Waals surface area (Å²) in [6.45, 7) is 9.97. The minimum absolute atomic E-state index is 0.554. The van der Waals surface area contributed by atoms with E-state index in [1.165, 1.54) is 50.5 Å². The van der Waals surface area contributed by atoms with Crippen molar-refractivity contribution in [2.75, 3.05) is 59.5 Å². The Bertz CT molecular complexity index is 491. The van der Waals surface area contributed by atoms with E-state index in [4.69, 9.17) is 23.7 Å². The standard InChI is InChI=1S/C27H48O5/c1-3-5-7-8-9-10-11-12-26-13-15-27(16-14-26)32-25-24-31-23-22-30-21-20-29-19-18-28-17-6-4-2/h13-16H,3-12,17-25H2,1-2H3. The molecule has 32 heavy (non-hydrogen) atoms. The van der Waals surface area contributed by atoms with Crippen molar-refractivity contribution in [3.8, 4) is 5.75 Å². The molecule has 0 unspecified atom stereocenters. The van der Waals surface area contributed by atoms with Crippen LogP contribution in [-0.2, 0) is 25.4 Å². The van der Waals surface area contributed by atoms with E-state index in [-0.39, 0.29) is 0 Å². The van der Waals surface area contributed by atoms with Crippen LogP contribution in [0.4, 0.5) is 0 Å². The molecule has 0 saturated carbocycles. The van der Waals surface area contributed by atoms with Crippen molar-refractivity contribution in [3.05, 3.63) is 29.8 Å². The number of hydrogen-bond acceptors (Lipinski definition) is 5. The fourth-order valence-corrected chi connectivity index (χ4v) is 3.27. The maximum Gasteiger partial charge on any atom is 0.119 e. The minimum Gasteiger partial charge on any atom is -0.491 e. The molecule has 0 heterocycles. The molecule has 0 aliphatic carbocycles. The minimum atomic E-state index is 0.554. The molecule has 0 saturated heterocycles. The summed E-state index contributed by atoms with van der Waals surface area (Å²) in [6, 6.07) is 8.49. The van der Waals surface area contributed by atoms with Gasteiger partial charge in [-0.25, -0.2) is 0 Å². The zero-order valence-corrected chi connectivity index (χ0v) is 20.8. The molecule has 1 aromatic rings. The summed E-state index contributed by atoms with van der Waals surface area (Å²) in [5.41, 5.74) is 1.40. The Labute approximate surface area is 197 Å². The van der Waals surface area contributed by atoms with Crippen LogP contribution in [0.2, 0.25) is 0 Å². The first-order chi connectivity index (χ1) is 15.9. The molecule has 186 valence electrons. The summed E-state index contributed by atoms with van der Waals surface area (Å²) in [4.78, 5) is 0. The first-order valence-corrected chi connectivity index (χ1v) is 12.9. The zero-order valence-electron chi connectivity index (χ0n) is 20.8. The van der Waals surface area contributed by atoms with Crippen LogP contribution in [-0.4, -0.2) is 59.5 Å². The predicted octanol–water partition coefficient (Wildman–Crippen LogP) is 6.23. The van der Waals surface area contributed by atoms with E-state index in [0.717, 1.165) is 31.6 Å². The van der Waals surface area contributed by atoms with Gasteiger partial charge in [0.05, 0.1) is 46.2 Å². The third kappa shape index (κ3) is 18.4. The molecular formula is C27H48O5. The fraction of sp³-hybridized carbons (Fsp3) is 0.778. The van der Waals surface area contributed by atoms with E-state index in [2.05, 4.69) is 38.1 Å². The Hall–Kier alpha value is -1.14. The molecule has 0 fully saturated rings. The van der Waals surface area contributed by atoms with Crippen molar-refractivity contribution in [1.29, 1.82) is 0 Å². The van der Waals surface area contributed by atoms with Gasteiger partial charge in [-0.3, -0.25) is 0 Å². The second-order valence-electron chi connectivity index (χ2n) is 8.17. The van der Waals surface area contributed by atoms with Gasteiger partial charge in [0.1, 0.15) is 12.4 Å². The molecule has 5 heteroatoms. The zero-order chi connectivity index (χ0) is 23.0. The van der Waals surface area contributed by atoms with Crippen molar-refractivity contribution >= 4 is 0 Å². The number of rotatable bonds is 24. The summed E-state index contributed by atoms with van der Waals surface area (Å²) in [5, 5.41) is 0. The van der Waals surface area contributed by atoms with E-state index in [0.29, 0.717) is 52.9 Å². The average molecular weight is 453 g/mol. The third-order valence-electron chi connectivity index (χ3n) is 5.25. The van der Waals surface area contributed by atoms with Gasteiger partial charge in [-0.1, -0.05) is 70.9 Å². The molecule has 0 amide bonds. The fourth-order valence-electron chi connectivity index (χ4n) is 3.27. The van der Waals surface area contributed by atoms with Crippen molar-refractivity contribution in [2.24, 2.45) is 0 Å². The van der Waals surface area contributed by atoms with Gasteiger partial charge in [0.25, 0.3) is 0 Å². The highest BCUT2D eigenvalue weighted by Gasteiger charge is 1.98. The number of ether oxygens (including phenoxy) is 5. The topological polar surface area (TPSA) is 46.2 Å². The second-order valence-corrected chi connectivity index (χ2v) is 8.17. The van der Waals surface area contributed by atoms with Gasteiger partial charge in [-0.15, -0.1) is 0 Å². The molecule has 0 atom stereocenters. The maximum atomic E-state index is 5.75. The molecule has 1 rings (SSSR count). The monoisotopic (exact) mass is 452 g/mol. The predicted molar refractivity (Wildman–Crippen MR) is 132 cm³/mol. The largest absolute Gasteiger partial charge is 0.491 e. The molecule has 1 aromatic carbocycles. The van der Waals surface area contributed by atoms with Gasteiger partial charge in [-0.2, -0.15) is 0 Å². The molecule has 0 N–H and O–H groups in total. The first kappa shape index (κ1) is 28.9. The van der Waals surface area contributed by atoms with Crippen LogP contribution in [0, 0.1) is 0 Å². The molecule has 0 bridgehead atoms. The summed E-state index contributed by atoms with van der Waals surface area (Å²) in [5.74, 6) is 0.906. The van der Waals surface area contributed by atoms with E-state index >= 15 is 0 Å². The second kappa shape index (κ2) is 23.0. The van der Waals surface area contributed by atoms with Crippen molar-refractivity contribution in [2.45, 2.75) is 78.1 Å². The van der Waals surface area contributed by atoms with Gasteiger partial charge in [-0.05, 0) is 37.0 Å². The van der Waals surface area contributed by atoms with E-state index in [1.54, 1.807) is 0 Å². The molecule has 0 aliphatic heterocycles. The van der Waals surface area contributed by atoms with Crippen LogP contribution >= 0.6 is 0 Å². The number of unbranched alkanes of at least 4 members (excludes halogenated alkanes) is 7. The normalized spacial score (nSPS) is 11.2. The molecule has 0 aliphatic rings. The van der Waals surface area contributed by atoms with Crippen molar-refractivity contribution in [1.82, 2.24) is 0 Å². The number of benzene rings is 1. The summed E-state index contributed by atoms with van der Waals surface area (Å²) < 4.78 is 27.7. The Morgan fingerprint density at radius 2 is 0.938 bits per heavy atom. The molecule has 0 radical (unpaired) electrons. The quantitative estimate of drug-likeness (QED) is 0.174. The van der Waals surface area contributed by atoms with Crippen LogP contribution in [0.5, 0.6) is 5.75 Å². The highest BCUT2D eigenvalue weighted by atomic mass is 16.6. The Balaban J connectivity index is 1.86. The lowest BCUT2D eigenvalue weighted by atomic mass is 10.0. The van der Waals surface area contributed by atoms with E-state index < -0.39 is 0 Å². The number of aryl methyl sites for hydroxylation is 1. The lowest BCUT2D eigenvalue weighted by Gasteiger charge is -2.09. The van der Waals surface area contributed by atoms with Gasteiger partial charge < -0.3 is 23.7 Å². The lowest BCUT2D eigenvalue weighted by Crippen LogP contribution is -2.13. The Kier molecular flexibility index (Phi) is 20.8. The Morgan fingerprint density at radius 3 is 1.50 bits per heavy atom. The summed E-state index contributed by atoms with van der Waals surface area (Å²) >= 11 is 0. The van der Waals surface area contributed by atoms with Crippen molar-refractivity contribution in [3.63, 3.8) is 0 Å². The third-order valence-corrected chi connectivity index (χ3v) is 5.25. The van der Waals surface area contributed by atoms with Crippen LogP contribution in [0.15, 0.2) is 24.3 Å². The van der Waals surface area contributed by atoms with Crippen LogP contribution in [0.25, 0.3) is 0 Å². The average Bonchev–Trinajstić information content (AvgIpc) is 2.82. The van der Waals surface area contributed by atoms with Gasteiger partial charge >= 0.3 is 0 Å². The first-order valence-electron chi connectivity index (χ1n) is 12.9. The summed E-state index contributed by atoms with van der Waals surface area (Å²) in [7, 11) is 0. The molecular weight excluding hydrogens is 404 g/mol. The maximum absolute atomic E-state index is 5.75. The molecule has 5 nitrogen and oxygen atoms in total. The summed E-state index contributed by atoms with van der Waals surface area (Å²) in [6.07, 6.45) is 12.9. The molecule has 0 spiro atoms.